The van der Waals surface area contributed by atoms with E-state index in [0.29, 0.717) is 0 Å². The molecule has 0 spiro atoms. The van der Waals surface area contributed by atoms with Gasteiger partial charge < -0.3 is 19.8 Å². The second-order valence-electron chi connectivity index (χ2n) is 1.04. The van der Waals surface area contributed by atoms with Crippen molar-refractivity contribution in [2.45, 2.75) is 0 Å². The molecule has 0 bridgehead atoms. The Morgan fingerprint density at radius 1 is 1.30 bits per heavy atom. The molecule has 0 atom stereocenters. The molecule has 0 aliphatic carbocycles. The van der Waals surface area contributed by atoms with Crippen LogP contribution in [0.25, 0.3) is 0 Å². The van der Waals surface area contributed by atoms with Crippen LogP contribution in [0.3, 0.4) is 0 Å². The first-order valence-electron chi connectivity index (χ1n) is 1.84. The van der Waals surface area contributed by atoms with E-state index < -0.39 is 19.3 Å². The Balaban J connectivity index is 0. The van der Waals surface area contributed by atoms with Gasteiger partial charge in [-0.3, -0.25) is 0 Å². The summed E-state index contributed by atoms with van der Waals surface area (Å²) >= 11 is 0. The Bertz CT molecular complexity index is 134. The summed E-state index contributed by atoms with van der Waals surface area (Å²) in [7, 11) is -2.37. The van der Waals surface area contributed by atoms with Gasteiger partial charge in [-0.2, -0.15) is 0 Å². The van der Waals surface area contributed by atoms with Gasteiger partial charge in [0.1, 0.15) is 0 Å². The van der Waals surface area contributed by atoms with Crippen LogP contribution in [0.4, 0.5) is 0 Å². The fraction of sp³-hybridized carbons (Fsp3) is 0. The fourth-order valence-corrected chi connectivity index (χ4v) is 0.146. The van der Waals surface area contributed by atoms with Gasteiger partial charge >= 0.3 is 68.1 Å². The van der Waals surface area contributed by atoms with Crippen molar-refractivity contribution in [1.29, 1.82) is 0 Å². The summed E-state index contributed by atoms with van der Waals surface area (Å²) < 4.78 is 3.38. The van der Waals surface area contributed by atoms with E-state index in [1.165, 1.54) is 0 Å². The SMILES string of the molecule is O=C(O)C(=O)OB(O)O.[BaH2]. The second-order valence-corrected chi connectivity index (χ2v) is 1.04. The van der Waals surface area contributed by atoms with Gasteiger partial charge in [0, 0.05) is 0 Å². The average molecular weight is 273 g/mol. The van der Waals surface area contributed by atoms with Gasteiger partial charge in [-0.25, -0.2) is 9.59 Å². The summed E-state index contributed by atoms with van der Waals surface area (Å²) in [6.07, 6.45) is 0. The fourth-order valence-electron chi connectivity index (χ4n) is 0.146. The van der Waals surface area contributed by atoms with Crippen molar-refractivity contribution in [2.24, 2.45) is 0 Å². The van der Waals surface area contributed by atoms with Crippen molar-refractivity contribution in [1.82, 2.24) is 0 Å². The van der Waals surface area contributed by atoms with Crippen molar-refractivity contribution >= 4 is 68.1 Å². The third-order valence-corrected chi connectivity index (χ3v) is 0.387. The van der Waals surface area contributed by atoms with Gasteiger partial charge in [0.2, 0.25) is 0 Å². The molecule has 0 radical (unpaired) electrons. The molecular formula is C2H5BBaO6. The molecule has 0 amide bonds. The van der Waals surface area contributed by atoms with Crippen molar-refractivity contribution in [3.63, 3.8) is 0 Å². The Kier molecular flexibility index (Phi) is 8.16. The number of carbonyl (C=O) groups is 2. The molecule has 0 rings (SSSR count). The normalized spacial score (nSPS) is 7.40. The van der Waals surface area contributed by atoms with Gasteiger partial charge in [0.25, 0.3) is 0 Å². The zero-order valence-electron chi connectivity index (χ0n) is 4.14. The van der Waals surface area contributed by atoms with Crippen LogP contribution in [-0.2, 0) is 14.2 Å². The van der Waals surface area contributed by atoms with Crippen LogP contribution in [-0.4, -0.2) is 83.3 Å². The molecule has 0 saturated heterocycles. The average Bonchev–Trinajstić information content (AvgIpc) is 1.63. The number of carboxylic acids is 1. The maximum atomic E-state index is 9.81. The number of carbonyl (C=O) groups excluding carboxylic acids is 1. The Hall–Kier alpha value is 0.496. The second kappa shape index (κ2) is 6.22. The molecule has 6 nitrogen and oxygen atoms in total. The summed E-state index contributed by atoms with van der Waals surface area (Å²) in [5, 5.41) is 23.4. The summed E-state index contributed by atoms with van der Waals surface area (Å²) in [5.74, 6) is -3.58. The third-order valence-electron chi connectivity index (χ3n) is 0.387. The summed E-state index contributed by atoms with van der Waals surface area (Å²) in [6, 6.07) is 0. The van der Waals surface area contributed by atoms with Crippen molar-refractivity contribution < 1.29 is 29.4 Å². The molecule has 0 fully saturated rings. The first-order chi connectivity index (χ1) is 4.04. The van der Waals surface area contributed by atoms with E-state index in [4.69, 9.17) is 15.2 Å². The number of hydrogen-bond donors (Lipinski definition) is 3. The first kappa shape index (κ1) is 13.1. The molecule has 0 heterocycles. The van der Waals surface area contributed by atoms with Gasteiger partial charge in [0.05, 0.1) is 0 Å². The number of carboxylic acid groups (broad SMARTS) is 1. The third kappa shape index (κ3) is 6.61. The molecular weight excluding hydrogens is 268 g/mol. The zero-order chi connectivity index (χ0) is 7.44. The van der Waals surface area contributed by atoms with Gasteiger partial charge in [0.15, 0.2) is 0 Å². The summed E-state index contributed by atoms with van der Waals surface area (Å²) in [6.45, 7) is 0. The van der Waals surface area contributed by atoms with E-state index in [2.05, 4.69) is 4.65 Å². The molecule has 10 heavy (non-hydrogen) atoms. The number of rotatable bonds is 1. The summed E-state index contributed by atoms with van der Waals surface area (Å²) in [5.41, 5.74) is 0. The van der Waals surface area contributed by atoms with E-state index >= 15 is 0 Å². The molecule has 8 heteroatoms. The van der Waals surface area contributed by atoms with Crippen LogP contribution in [0.1, 0.15) is 0 Å². The molecule has 0 aromatic carbocycles. The van der Waals surface area contributed by atoms with Crippen molar-refractivity contribution in [3.05, 3.63) is 0 Å². The Morgan fingerprint density at radius 2 is 1.70 bits per heavy atom. The van der Waals surface area contributed by atoms with E-state index in [0.717, 1.165) is 0 Å². The quantitative estimate of drug-likeness (QED) is 0.341. The number of hydrogen-bond acceptors (Lipinski definition) is 5. The molecule has 0 aromatic rings. The predicted octanol–water partition coefficient (Wildman–Crippen LogP) is -3.33. The van der Waals surface area contributed by atoms with Gasteiger partial charge in [-0.05, 0) is 0 Å². The number of aliphatic carboxylic acids is 1. The van der Waals surface area contributed by atoms with Crippen LogP contribution in [0, 0.1) is 0 Å². The van der Waals surface area contributed by atoms with Crippen molar-refractivity contribution in [2.75, 3.05) is 0 Å². The van der Waals surface area contributed by atoms with E-state index in [-0.39, 0.29) is 48.9 Å². The molecule has 0 aromatic heterocycles. The molecule has 0 saturated carbocycles. The molecule has 3 N–H and O–H groups in total. The minimum absolute atomic E-state index is 0. The predicted molar refractivity (Wildman–Crippen MR) is 32.5 cm³/mol. The van der Waals surface area contributed by atoms with E-state index in [1.54, 1.807) is 0 Å². The van der Waals surface area contributed by atoms with Crippen LogP contribution in [0.2, 0.25) is 0 Å². The zero-order valence-corrected chi connectivity index (χ0v) is 4.14. The van der Waals surface area contributed by atoms with E-state index in [1.807, 2.05) is 0 Å². The minimum atomic E-state index is -2.37. The topological polar surface area (TPSA) is 104 Å². The van der Waals surface area contributed by atoms with E-state index in [9.17, 15) is 9.59 Å². The van der Waals surface area contributed by atoms with Crippen LogP contribution in [0.5, 0.6) is 0 Å². The molecule has 0 aliphatic rings. The first-order valence-corrected chi connectivity index (χ1v) is 1.84. The standard InChI is InChI=1S/C2H3BO6.Ba.2H/c4-1(5)2(6)9-3(7)8;;;/h7-8H,(H,4,5);;;. The Labute approximate surface area is 96.4 Å². The van der Waals surface area contributed by atoms with Crippen molar-refractivity contribution in [3.8, 4) is 0 Å². The van der Waals surface area contributed by atoms with Crippen LogP contribution < -0.4 is 0 Å². The molecule has 0 unspecified atom stereocenters. The maximum absolute atomic E-state index is 9.81. The van der Waals surface area contributed by atoms with Crippen LogP contribution in [0.15, 0.2) is 0 Å². The molecule has 54 valence electrons. The van der Waals surface area contributed by atoms with Gasteiger partial charge in [-0.1, -0.05) is 0 Å². The Morgan fingerprint density at radius 3 is 1.80 bits per heavy atom. The summed E-state index contributed by atoms with van der Waals surface area (Å²) in [4.78, 5) is 19.3. The monoisotopic (exact) mass is 274 g/mol. The van der Waals surface area contributed by atoms with Gasteiger partial charge in [-0.15, -0.1) is 0 Å². The molecule has 0 aliphatic heterocycles. The van der Waals surface area contributed by atoms with Crippen LogP contribution >= 0.6 is 0 Å².